The van der Waals surface area contributed by atoms with Gasteiger partial charge in [-0.05, 0) is 6.42 Å². The summed E-state index contributed by atoms with van der Waals surface area (Å²) in [5.74, 6) is -1.40. The van der Waals surface area contributed by atoms with Gasteiger partial charge in [-0.2, -0.15) is 13.2 Å². The third kappa shape index (κ3) is 12.6. The lowest BCUT2D eigenvalue weighted by molar-refractivity contribution is -0.173. The quantitative estimate of drug-likeness (QED) is 0.634. The van der Waals surface area contributed by atoms with Crippen molar-refractivity contribution in [3.63, 3.8) is 0 Å². The van der Waals surface area contributed by atoms with Crippen LogP contribution in [0.5, 0.6) is 0 Å². The normalized spacial score (nSPS) is 11.2. The number of nitrogens with one attached hydrogen (secondary N) is 1. The highest BCUT2D eigenvalue weighted by Gasteiger charge is 2.27. The third-order valence-corrected chi connectivity index (χ3v) is 1.63. The Morgan fingerprint density at radius 3 is 2.41 bits per heavy atom. The molecule has 0 aliphatic rings. The van der Waals surface area contributed by atoms with E-state index in [0.717, 1.165) is 0 Å². The van der Waals surface area contributed by atoms with Crippen LogP contribution < -0.4 is 5.32 Å². The molecule has 0 rings (SSSR count). The number of carboxylic acids is 1. The van der Waals surface area contributed by atoms with Gasteiger partial charge < -0.3 is 15.2 Å². The van der Waals surface area contributed by atoms with E-state index in [1.807, 2.05) is 0 Å². The molecule has 17 heavy (non-hydrogen) atoms. The first-order valence-corrected chi connectivity index (χ1v) is 4.94. The fourth-order valence-electron chi connectivity index (χ4n) is 0.939. The van der Waals surface area contributed by atoms with Crippen molar-refractivity contribution in [2.75, 3.05) is 19.8 Å². The van der Waals surface area contributed by atoms with Crippen molar-refractivity contribution >= 4 is 11.9 Å². The minimum absolute atomic E-state index is 0.0258. The molecule has 0 saturated heterocycles. The molecule has 0 fully saturated rings. The van der Waals surface area contributed by atoms with Crippen molar-refractivity contribution < 1.29 is 32.6 Å². The van der Waals surface area contributed by atoms with Crippen LogP contribution >= 0.6 is 0 Å². The van der Waals surface area contributed by atoms with E-state index in [2.05, 4.69) is 10.1 Å². The molecule has 0 aromatic heterocycles. The van der Waals surface area contributed by atoms with Gasteiger partial charge in [0.25, 0.3) is 0 Å². The molecule has 2 N–H and O–H groups in total. The fourth-order valence-corrected chi connectivity index (χ4v) is 0.939. The van der Waals surface area contributed by atoms with Crippen molar-refractivity contribution in [3.8, 4) is 0 Å². The molecular weight excluding hydrogens is 243 g/mol. The van der Waals surface area contributed by atoms with Crippen LogP contribution in [0.3, 0.4) is 0 Å². The number of hydrogen-bond acceptors (Lipinski definition) is 3. The smallest absolute Gasteiger partial charge is 0.411 e. The van der Waals surface area contributed by atoms with Gasteiger partial charge in [0, 0.05) is 19.4 Å². The second-order valence-corrected chi connectivity index (χ2v) is 3.27. The Bertz CT molecular complexity index is 255. The average Bonchev–Trinajstić information content (AvgIpc) is 2.14. The maximum Gasteiger partial charge on any atom is 0.411 e. The summed E-state index contributed by atoms with van der Waals surface area (Å²) in [7, 11) is 0. The van der Waals surface area contributed by atoms with E-state index in [4.69, 9.17) is 5.11 Å². The minimum Gasteiger partial charge on any atom is -0.481 e. The second kappa shape index (κ2) is 7.88. The number of halogens is 3. The van der Waals surface area contributed by atoms with Crippen LogP contribution in [0.15, 0.2) is 0 Å². The standard InChI is InChI=1S/C9H14F3NO4/c10-9(11,12)6-17-5-4-13-7(14)2-1-3-8(15)16/h1-6H2,(H,13,14)(H,15,16). The van der Waals surface area contributed by atoms with Crippen molar-refractivity contribution in [3.05, 3.63) is 0 Å². The van der Waals surface area contributed by atoms with Crippen molar-refractivity contribution in [2.24, 2.45) is 0 Å². The summed E-state index contributed by atoms with van der Waals surface area (Å²) in [6, 6.07) is 0. The van der Waals surface area contributed by atoms with Crippen molar-refractivity contribution in [1.29, 1.82) is 0 Å². The van der Waals surface area contributed by atoms with E-state index in [1.165, 1.54) is 0 Å². The Morgan fingerprint density at radius 1 is 1.24 bits per heavy atom. The predicted molar refractivity (Wildman–Crippen MR) is 51.4 cm³/mol. The molecular formula is C9H14F3NO4. The summed E-state index contributed by atoms with van der Waals surface area (Å²) in [4.78, 5) is 21.1. The number of amides is 1. The Kier molecular flexibility index (Phi) is 7.27. The average molecular weight is 257 g/mol. The lowest BCUT2D eigenvalue weighted by Gasteiger charge is -2.08. The monoisotopic (exact) mass is 257 g/mol. The number of carboxylic acid groups (broad SMARTS) is 1. The van der Waals surface area contributed by atoms with Crippen LogP contribution in [-0.2, 0) is 14.3 Å². The van der Waals surface area contributed by atoms with Gasteiger partial charge in [0.2, 0.25) is 5.91 Å². The highest BCUT2D eigenvalue weighted by atomic mass is 19.4. The van der Waals surface area contributed by atoms with Gasteiger partial charge in [0.15, 0.2) is 0 Å². The van der Waals surface area contributed by atoms with Gasteiger partial charge in [0.1, 0.15) is 6.61 Å². The molecule has 0 atom stereocenters. The van der Waals surface area contributed by atoms with E-state index < -0.39 is 24.7 Å². The zero-order chi connectivity index (χ0) is 13.3. The molecule has 5 nitrogen and oxygen atoms in total. The fraction of sp³-hybridized carbons (Fsp3) is 0.778. The van der Waals surface area contributed by atoms with Crippen LogP contribution in [-0.4, -0.2) is 42.9 Å². The summed E-state index contributed by atoms with van der Waals surface area (Å²) in [6.45, 7) is -1.60. The molecule has 0 bridgehead atoms. The van der Waals surface area contributed by atoms with Gasteiger partial charge >= 0.3 is 12.1 Å². The molecule has 100 valence electrons. The lowest BCUT2D eigenvalue weighted by Crippen LogP contribution is -2.28. The molecule has 0 heterocycles. The SMILES string of the molecule is O=C(O)CCCC(=O)NCCOCC(F)(F)F. The zero-order valence-electron chi connectivity index (χ0n) is 9.05. The number of rotatable bonds is 8. The maximum absolute atomic E-state index is 11.6. The molecule has 0 aromatic rings. The Labute approximate surface area is 95.9 Å². The largest absolute Gasteiger partial charge is 0.481 e. The molecule has 0 unspecified atom stereocenters. The van der Waals surface area contributed by atoms with Crippen LogP contribution in [0.2, 0.25) is 0 Å². The van der Waals surface area contributed by atoms with Crippen LogP contribution in [0.1, 0.15) is 19.3 Å². The summed E-state index contributed by atoms with van der Waals surface area (Å²) in [5.41, 5.74) is 0. The molecule has 8 heteroatoms. The van der Waals surface area contributed by atoms with Gasteiger partial charge in [-0.15, -0.1) is 0 Å². The highest BCUT2D eigenvalue weighted by Crippen LogP contribution is 2.13. The topological polar surface area (TPSA) is 75.6 Å². The number of hydrogen-bond donors (Lipinski definition) is 2. The Morgan fingerprint density at radius 2 is 1.88 bits per heavy atom. The molecule has 0 radical (unpaired) electrons. The van der Waals surface area contributed by atoms with Crippen molar-refractivity contribution in [1.82, 2.24) is 5.32 Å². The van der Waals surface area contributed by atoms with E-state index in [1.54, 1.807) is 0 Å². The maximum atomic E-state index is 11.6. The first-order valence-electron chi connectivity index (χ1n) is 4.94. The van der Waals surface area contributed by atoms with Gasteiger partial charge in [0.05, 0.1) is 6.61 Å². The number of carbonyl (C=O) groups is 2. The zero-order valence-corrected chi connectivity index (χ0v) is 9.05. The van der Waals surface area contributed by atoms with Gasteiger partial charge in [-0.25, -0.2) is 0 Å². The lowest BCUT2D eigenvalue weighted by atomic mass is 10.2. The number of alkyl halides is 3. The van der Waals surface area contributed by atoms with E-state index in [-0.39, 0.29) is 32.4 Å². The highest BCUT2D eigenvalue weighted by molar-refractivity contribution is 5.76. The first kappa shape index (κ1) is 15.7. The molecule has 0 spiro atoms. The minimum atomic E-state index is -4.37. The first-order chi connectivity index (χ1) is 7.81. The van der Waals surface area contributed by atoms with Gasteiger partial charge in [-0.1, -0.05) is 0 Å². The summed E-state index contributed by atoms with van der Waals surface area (Å²) in [5, 5.41) is 10.6. The molecule has 0 saturated carbocycles. The molecule has 0 aromatic carbocycles. The number of aliphatic carboxylic acids is 1. The Balaban J connectivity index is 3.37. The van der Waals surface area contributed by atoms with Crippen molar-refractivity contribution in [2.45, 2.75) is 25.4 Å². The summed E-state index contributed by atoms with van der Waals surface area (Å²) in [6.07, 6.45) is -4.25. The van der Waals surface area contributed by atoms with Crippen LogP contribution in [0, 0.1) is 0 Å². The molecule has 1 amide bonds. The summed E-state index contributed by atoms with van der Waals surface area (Å²) >= 11 is 0. The Hall–Kier alpha value is -1.31. The van der Waals surface area contributed by atoms with E-state index in [0.29, 0.717) is 0 Å². The molecule has 0 aliphatic heterocycles. The van der Waals surface area contributed by atoms with Gasteiger partial charge in [-0.3, -0.25) is 9.59 Å². The van der Waals surface area contributed by atoms with E-state index >= 15 is 0 Å². The number of carbonyl (C=O) groups excluding carboxylic acids is 1. The molecule has 0 aliphatic carbocycles. The van der Waals surface area contributed by atoms with Crippen LogP contribution in [0.4, 0.5) is 13.2 Å². The van der Waals surface area contributed by atoms with Crippen LogP contribution in [0.25, 0.3) is 0 Å². The third-order valence-electron chi connectivity index (χ3n) is 1.63. The predicted octanol–water partition coefficient (Wildman–Crippen LogP) is 0.936. The second-order valence-electron chi connectivity index (χ2n) is 3.27. The number of ether oxygens (including phenoxy) is 1. The summed E-state index contributed by atoms with van der Waals surface area (Å²) < 4.78 is 39.1. The van der Waals surface area contributed by atoms with E-state index in [9.17, 15) is 22.8 Å².